The summed E-state index contributed by atoms with van der Waals surface area (Å²) in [5.41, 5.74) is 2.62. The van der Waals surface area contributed by atoms with Crippen LogP contribution in [0, 0.1) is 6.92 Å². The van der Waals surface area contributed by atoms with Crippen LogP contribution in [-0.4, -0.2) is 32.2 Å². The van der Waals surface area contributed by atoms with Crippen molar-refractivity contribution in [2.75, 3.05) is 7.05 Å². The maximum atomic E-state index is 4.17. The highest BCUT2D eigenvalue weighted by molar-refractivity contribution is 5.23. The molecule has 0 unspecified atom stereocenters. The Hall–Kier alpha value is -1.75. The van der Waals surface area contributed by atoms with Crippen molar-refractivity contribution in [2.45, 2.75) is 45.3 Å². The largest absolute Gasteiger partial charge is 0.292 e. The predicted octanol–water partition coefficient (Wildman–Crippen LogP) is 2.51. The average molecular weight is 271 g/mol. The second-order valence-electron chi connectivity index (χ2n) is 5.77. The Balaban J connectivity index is 1.70. The van der Waals surface area contributed by atoms with Gasteiger partial charge in [-0.15, -0.1) is 5.10 Å². The molecule has 1 atom stereocenters. The van der Waals surface area contributed by atoms with Crippen LogP contribution in [0.5, 0.6) is 0 Å². The molecule has 1 saturated carbocycles. The summed E-state index contributed by atoms with van der Waals surface area (Å²) in [6.07, 6.45) is 2.41. The van der Waals surface area contributed by atoms with Crippen LogP contribution in [-0.2, 0) is 6.54 Å². The molecule has 106 valence electrons. The maximum Gasteiger partial charge on any atom is 0.165 e. The van der Waals surface area contributed by atoms with Crippen molar-refractivity contribution in [1.29, 1.82) is 0 Å². The SMILES string of the molecule is Cc1ccc([C@@H](C)N(C)Cc2nnnn2C2CC2)cc1. The van der Waals surface area contributed by atoms with E-state index >= 15 is 0 Å². The molecule has 0 aliphatic heterocycles. The standard InChI is InChI=1S/C15H21N5/c1-11-4-6-13(7-5-11)12(2)19(3)10-15-16-17-18-20(15)14-8-9-14/h4-7,12,14H,8-10H2,1-3H3/t12-/m1/s1. The molecule has 5 nitrogen and oxygen atoms in total. The minimum absolute atomic E-state index is 0.347. The van der Waals surface area contributed by atoms with E-state index in [1.807, 2.05) is 4.68 Å². The third kappa shape index (κ3) is 2.72. The molecule has 0 saturated heterocycles. The maximum absolute atomic E-state index is 4.17. The minimum Gasteiger partial charge on any atom is -0.292 e. The number of aromatic nitrogens is 4. The lowest BCUT2D eigenvalue weighted by Gasteiger charge is -2.24. The molecule has 0 spiro atoms. The van der Waals surface area contributed by atoms with Crippen LogP contribution < -0.4 is 0 Å². The molecule has 1 heterocycles. The Labute approximate surface area is 119 Å². The molecular formula is C15H21N5. The van der Waals surface area contributed by atoms with Crippen molar-refractivity contribution < 1.29 is 0 Å². The van der Waals surface area contributed by atoms with Gasteiger partial charge in [-0.1, -0.05) is 29.8 Å². The number of hydrogen-bond acceptors (Lipinski definition) is 4. The van der Waals surface area contributed by atoms with Crippen LogP contribution in [0.2, 0.25) is 0 Å². The number of hydrogen-bond donors (Lipinski definition) is 0. The molecular weight excluding hydrogens is 250 g/mol. The lowest BCUT2D eigenvalue weighted by atomic mass is 10.1. The van der Waals surface area contributed by atoms with Gasteiger partial charge in [0.2, 0.25) is 0 Å². The number of aryl methyl sites for hydroxylation is 1. The molecule has 1 aliphatic carbocycles. The summed E-state index contributed by atoms with van der Waals surface area (Å²) in [6, 6.07) is 9.59. The molecule has 1 aromatic heterocycles. The zero-order valence-corrected chi connectivity index (χ0v) is 12.3. The quantitative estimate of drug-likeness (QED) is 0.838. The summed E-state index contributed by atoms with van der Waals surface area (Å²) in [5.74, 6) is 0.967. The van der Waals surface area contributed by atoms with E-state index < -0.39 is 0 Å². The Morgan fingerprint density at radius 1 is 1.30 bits per heavy atom. The lowest BCUT2D eigenvalue weighted by molar-refractivity contribution is 0.241. The number of tetrazole rings is 1. The highest BCUT2D eigenvalue weighted by Gasteiger charge is 2.28. The van der Waals surface area contributed by atoms with E-state index in [0.29, 0.717) is 12.1 Å². The van der Waals surface area contributed by atoms with Crippen molar-refractivity contribution in [2.24, 2.45) is 0 Å². The van der Waals surface area contributed by atoms with Gasteiger partial charge in [-0.3, -0.25) is 4.90 Å². The molecule has 1 fully saturated rings. The summed E-state index contributed by atoms with van der Waals surface area (Å²) >= 11 is 0. The summed E-state index contributed by atoms with van der Waals surface area (Å²) in [5, 5.41) is 12.1. The molecule has 1 aromatic carbocycles. The smallest absolute Gasteiger partial charge is 0.165 e. The summed E-state index contributed by atoms with van der Waals surface area (Å²) in [7, 11) is 2.12. The second-order valence-corrected chi connectivity index (χ2v) is 5.77. The highest BCUT2D eigenvalue weighted by Crippen LogP contribution is 2.34. The molecule has 5 heteroatoms. The predicted molar refractivity (Wildman–Crippen MR) is 77.1 cm³/mol. The molecule has 2 aromatic rings. The Morgan fingerprint density at radius 3 is 2.65 bits per heavy atom. The molecule has 3 rings (SSSR count). The van der Waals surface area contributed by atoms with E-state index in [1.54, 1.807) is 0 Å². The van der Waals surface area contributed by atoms with Crippen LogP contribution in [0.3, 0.4) is 0 Å². The van der Waals surface area contributed by atoms with Gasteiger partial charge in [-0.05, 0) is 49.7 Å². The van der Waals surface area contributed by atoms with E-state index in [1.165, 1.54) is 24.0 Å². The van der Waals surface area contributed by atoms with Crippen LogP contribution in [0.4, 0.5) is 0 Å². The summed E-state index contributed by atoms with van der Waals surface area (Å²) in [4.78, 5) is 2.29. The van der Waals surface area contributed by atoms with Gasteiger partial charge in [0.25, 0.3) is 0 Å². The van der Waals surface area contributed by atoms with Gasteiger partial charge in [0.1, 0.15) is 0 Å². The monoisotopic (exact) mass is 271 g/mol. The van der Waals surface area contributed by atoms with E-state index in [0.717, 1.165) is 12.4 Å². The first kappa shape index (κ1) is 13.2. The topological polar surface area (TPSA) is 46.8 Å². The van der Waals surface area contributed by atoms with Gasteiger partial charge in [0.15, 0.2) is 5.82 Å². The second kappa shape index (κ2) is 5.32. The molecule has 0 N–H and O–H groups in total. The fourth-order valence-electron chi connectivity index (χ4n) is 2.38. The third-order valence-corrected chi connectivity index (χ3v) is 4.07. The van der Waals surface area contributed by atoms with Crippen molar-refractivity contribution in [1.82, 2.24) is 25.1 Å². The summed E-state index contributed by atoms with van der Waals surface area (Å²) in [6.45, 7) is 5.11. The third-order valence-electron chi connectivity index (χ3n) is 4.07. The first-order valence-corrected chi connectivity index (χ1v) is 7.18. The number of benzene rings is 1. The number of rotatable bonds is 5. The Bertz CT molecular complexity index is 570. The van der Waals surface area contributed by atoms with Crippen LogP contribution in [0.25, 0.3) is 0 Å². The van der Waals surface area contributed by atoms with E-state index in [-0.39, 0.29) is 0 Å². The van der Waals surface area contributed by atoms with E-state index in [9.17, 15) is 0 Å². The molecule has 0 radical (unpaired) electrons. The van der Waals surface area contributed by atoms with Crippen molar-refractivity contribution >= 4 is 0 Å². The first-order valence-electron chi connectivity index (χ1n) is 7.18. The van der Waals surface area contributed by atoms with Gasteiger partial charge >= 0.3 is 0 Å². The van der Waals surface area contributed by atoms with Gasteiger partial charge in [0, 0.05) is 6.04 Å². The zero-order chi connectivity index (χ0) is 14.1. The van der Waals surface area contributed by atoms with E-state index in [2.05, 4.69) is 65.6 Å². The van der Waals surface area contributed by atoms with Gasteiger partial charge in [0.05, 0.1) is 12.6 Å². The van der Waals surface area contributed by atoms with Gasteiger partial charge in [-0.2, -0.15) is 0 Å². The van der Waals surface area contributed by atoms with Crippen LogP contribution >= 0.6 is 0 Å². The zero-order valence-electron chi connectivity index (χ0n) is 12.3. The molecule has 1 aliphatic rings. The highest BCUT2D eigenvalue weighted by atomic mass is 15.6. The Morgan fingerprint density at radius 2 is 2.00 bits per heavy atom. The van der Waals surface area contributed by atoms with Gasteiger partial charge < -0.3 is 0 Å². The van der Waals surface area contributed by atoms with Crippen molar-refractivity contribution in [3.8, 4) is 0 Å². The normalized spacial score (nSPS) is 16.6. The average Bonchev–Trinajstić information content (AvgIpc) is 3.19. The fourth-order valence-corrected chi connectivity index (χ4v) is 2.38. The molecule has 0 amide bonds. The van der Waals surface area contributed by atoms with Crippen LogP contribution in [0.1, 0.15) is 48.8 Å². The fraction of sp³-hybridized carbons (Fsp3) is 0.533. The lowest BCUT2D eigenvalue weighted by Crippen LogP contribution is -2.24. The van der Waals surface area contributed by atoms with Crippen molar-refractivity contribution in [3.05, 3.63) is 41.2 Å². The first-order chi connectivity index (χ1) is 9.65. The minimum atomic E-state index is 0.347. The van der Waals surface area contributed by atoms with Crippen molar-refractivity contribution in [3.63, 3.8) is 0 Å². The Kier molecular flexibility index (Phi) is 3.53. The van der Waals surface area contributed by atoms with Gasteiger partial charge in [-0.25, -0.2) is 4.68 Å². The van der Waals surface area contributed by atoms with Crippen LogP contribution in [0.15, 0.2) is 24.3 Å². The summed E-state index contributed by atoms with van der Waals surface area (Å²) < 4.78 is 1.98. The molecule has 20 heavy (non-hydrogen) atoms. The molecule has 0 bridgehead atoms. The number of nitrogens with zero attached hydrogens (tertiary/aromatic N) is 5. The van der Waals surface area contributed by atoms with E-state index in [4.69, 9.17) is 0 Å².